The van der Waals surface area contributed by atoms with Gasteiger partial charge < -0.3 is 20.0 Å². The first kappa shape index (κ1) is 16.4. The van der Waals surface area contributed by atoms with E-state index in [4.69, 9.17) is 0 Å². The van der Waals surface area contributed by atoms with Gasteiger partial charge in [0.2, 0.25) is 5.91 Å². The molecule has 0 aliphatic carbocycles. The minimum atomic E-state index is -0.433. The van der Waals surface area contributed by atoms with Crippen LogP contribution in [0.1, 0.15) is 35.7 Å². The Morgan fingerprint density at radius 2 is 1.96 bits per heavy atom. The number of nitrogens with zero attached hydrogens (tertiary/aromatic N) is 4. The molecule has 0 aromatic carbocycles. The molecule has 2 fully saturated rings. The smallest absolute Gasteiger partial charge is 0.317 e. The van der Waals surface area contributed by atoms with E-state index in [2.05, 4.69) is 27.5 Å². The molecule has 8 nitrogen and oxygen atoms in total. The Labute approximate surface area is 147 Å². The monoisotopic (exact) mass is 346 g/mol. The van der Waals surface area contributed by atoms with Crippen molar-refractivity contribution in [2.24, 2.45) is 0 Å². The minimum Gasteiger partial charge on any atom is -0.336 e. The van der Waals surface area contributed by atoms with Crippen LogP contribution in [-0.2, 0) is 17.8 Å². The van der Waals surface area contributed by atoms with Crippen LogP contribution in [-0.4, -0.2) is 83.2 Å². The van der Waals surface area contributed by atoms with Gasteiger partial charge in [0.25, 0.3) is 0 Å². The van der Waals surface area contributed by atoms with E-state index in [1.165, 1.54) is 11.3 Å². The Morgan fingerprint density at radius 3 is 2.64 bits per heavy atom. The van der Waals surface area contributed by atoms with E-state index in [-0.39, 0.29) is 11.9 Å². The van der Waals surface area contributed by atoms with Crippen LogP contribution < -0.4 is 5.32 Å². The second-order valence-electron chi connectivity index (χ2n) is 7.54. The van der Waals surface area contributed by atoms with Crippen LogP contribution in [0.25, 0.3) is 0 Å². The number of aromatic amines is 1. The molecule has 25 heavy (non-hydrogen) atoms. The molecule has 2 saturated heterocycles. The fourth-order valence-corrected chi connectivity index (χ4v) is 4.15. The van der Waals surface area contributed by atoms with Crippen LogP contribution in [0.15, 0.2) is 0 Å². The Balaban J connectivity index is 1.48. The highest BCUT2D eigenvalue weighted by Crippen LogP contribution is 2.32. The second kappa shape index (κ2) is 6.33. The van der Waals surface area contributed by atoms with E-state index in [1.54, 1.807) is 11.9 Å². The van der Waals surface area contributed by atoms with Gasteiger partial charge in [0.15, 0.2) is 0 Å². The maximum absolute atomic E-state index is 12.8. The number of rotatable bonds is 2. The van der Waals surface area contributed by atoms with E-state index < -0.39 is 6.04 Å². The summed E-state index contributed by atoms with van der Waals surface area (Å²) in [5.41, 5.74) is 3.52. The average Bonchev–Trinajstić information content (AvgIpc) is 3.18. The molecule has 3 amide bonds. The third kappa shape index (κ3) is 2.99. The largest absolute Gasteiger partial charge is 0.336 e. The van der Waals surface area contributed by atoms with Crippen molar-refractivity contribution in [3.63, 3.8) is 0 Å². The molecule has 1 aromatic heterocycles. The van der Waals surface area contributed by atoms with Crippen LogP contribution in [0.3, 0.4) is 0 Å². The van der Waals surface area contributed by atoms with Crippen molar-refractivity contribution in [2.75, 3.05) is 40.3 Å². The van der Waals surface area contributed by atoms with Crippen molar-refractivity contribution in [1.82, 2.24) is 30.2 Å². The van der Waals surface area contributed by atoms with Gasteiger partial charge in [0.1, 0.15) is 6.04 Å². The Bertz CT molecular complexity index is 679. The molecule has 0 saturated carbocycles. The van der Waals surface area contributed by atoms with Crippen molar-refractivity contribution in [2.45, 2.75) is 37.8 Å². The van der Waals surface area contributed by atoms with Crippen molar-refractivity contribution in [3.05, 3.63) is 17.0 Å². The number of carbonyl (C=O) groups excluding carboxylic acids is 2. The number of fused-ring (bicyclic) bond motifs is 1. The molecule has 8 heteroatoms. The predicted octanol–water partition coefficient (Wildman–Crippen LogP) is 0.127. The maximum atomic E-state index is 12.8. The molecular weight excluding hydrogens is 320 g/mol. The summed E-state index contributed by atoms with van der Waals surface area (Å²) in [5.74, 6) is 0.488. The number of nitrogens with one attached hydrogen (secondary N) is 2. The fourth-order valence-electron chi connectivity index (χ4n) is 4.15. The van der Waals surface area contributed by atoms with Crippen LogP contribution in [0.5, 0.6) is 0 Å². The van der Waals surface area contributed by atoms with Gasteiger partial charge in [-0.3, -0.25) is 9.89 Å². The molecule has 4 heterocycles. The molecule has 0 spiro atoms. The lowest BCUT2D eigenvalue weighted by atomic mass is 9.89. The summed E-state index contributed by atoms with van der Waals surface area (Å²) in [5, 5.41) is 10.6. The van der Waals surface area contributed by atoms with Crippen LogP contribution in [0, 0.1) is 0 Å². The number of likely N-dealkylation sites (N-methyl/N-ethyl adjacent to an activating group) is 1. The predicted molar refractivity (Wildman–Crippen MR) is 92.1 cm³/mol. The average molecular weight is 346 g/mol. The molecule has 1 unspecified atom stereocenters. The summed E-state index contributed by atoms with van der Waals surface area (Å²) < 4.78 is 0. The van der Waals surface area contributed by atoms with E-state index in [0.717, 1.165) is 38.0 Å². The van der Waals surface area contributed by atoms with Gasteiger partial charge in [0, 0.05) is 43.7 Å². The lowest BCUT2D eigenvalue weighted by molar-refractivity contribution is -0.133. The van der Waals surface area contributed by atoms with Crippen molar-refractivity contribution in [1.29, 1.82) is 0 Å². The molecule has 0 radical (unpaired) electrons. The SMILES string of the molecule is CN1CCC(c2n[nH]c3c2CN(C(=O)C2CN(C)C(=O)N2)CC3)CC1. The molecule has 3 aliphatic heterocycles. The number of likely N-dealkylation sites (tertiary alicyclic amines) is 1. The quantitative estimate of drug-likeness (QED) is 0.797. The topological polar surface area (TPSA) is 84.6 Å². The number of carbonyl (C=O) groups is 2. The Morgan fingerprint density at radius 1 is 1.20 bits per heavy atom. The summed E-state index contributed by atoms with van der Waals surface area (Å²) in [6, 6.07) is -0.607. The summed E-state index contributed by atoms with van der Waals surface area (Å²) >= 11 is 0. The normalized spacial score (nSPS) is 25.2. The minimum absolute atomic E-state index is 0.0128. The third-order valence-electron chi connectivity index (χ3n) is 5.78. The zero-order valence-corrected chi connectivity index (χ0v) is 14.9. The number of hydrogen-bond acceptors (Lipinski definition) is 4. The van der Waals surface area contributed by atoms with Gasteiger partial charge in [-0.15, -0.1) is 0 Å². The van der Waals surface area contributed by atoms with Gasteiger partial charge in [-0.1, -0.05) is 0 Å². The number of piperidine rings is 1. The summed E-state index contributed by atoms with van der Waals surface area (Å²) in [6.07, 6.45) is 3.04. The second-order valence-corrected chi connectivity index (χ2v) is 7.54. The van der Waals surface area contributed by atoms with Crippen LogP contribution in [0.2, 0.25) is 0 Å². The van der Waals surface area contributed by atoms with Crippen LogP contribution in [0.4, 0.5) is 4.79 Å². The first-order valence-corrected chi connectivity index (χ1v) is 9.08. The number of urea groups is 1. The van der Waals surface area contributed by atoms with E-state index >= 15 is 0 Å². The van der Waals surface area contributed by atoms with Gasteiger partial charge in [-0.2, -0.15) is 5.10 Å². The molecule has 3 aliphatic rings. The van der Waals surface area contributed by atoms with Gasteiger partial charge in [0.05, 0.1) is 12.2 Å². The zero-order valence-electron chi connectivity index (χ0n) is 14.9. The molecule has 4 rings (SSSR count). The number of hydrogen-bond donors (Lipinski definition) is 2. The van der Waals surface area contributed by atoms with E-state index in [1.807, 2.05) is 4.90 Å². The van der Waals surface area contributed by atoms with E-state index in [9.17, 15) is 9.59 Å². The lowest BCUT2D eigenvalue weighted by Gasteiger charge is -2.32. The molecular formula is C17H26N6O2. The fraction of sp³-hybridized carbons (Fsp3) is 0.706. The highest BCUT2D eigenvalue weighted by Gasteiger charge is 2.36. The summed E-state index contributed by atoms with van der Waals surface area (Å²) in [6.45, 7) is 3.90. The highest BCUT2D eigenvalue weighted by atomic mass is 16.2. The number of aromatic nitrogens is 2. The molecule has 136 valence electrons. The molecule has 0 bridgehead atoms. The number of amides is 3. The van der Waals surface area contributed by atoms with Gasteiger partial charge in [-0.05, 0) is 33.0 Å². The van der Waals surface area contributed by atoms with Gasteiger partial charge in [-0.25, -0.2) is 4.79 Å². The van der Waals surface area contributed by atoms with Crippen molar-refractivity contribution in [3.8, 4) is 0 Å². The Hall–Kier alpha value is -2.09. The van der Waals surface area contributed by atoms with E-state index in [0.29, 0.717) is 25.6 Å². The molecule has 2 N–H and O–H groups in total. The standard InChI is InChI=1S/C17H26N6O2/c1-21-6-3-11(4-7-21)15-12-9-23(8-5-13(12)19-20-15)16(24)14-10-22(2)17(25)18-14/h11,14H,3-10H2,1-2H3,(H,18,25)(H,19,20). The molecule has 1 atom stereocenters. The lowest BCUT2D eigenvalue weighted by Crippen LogP contribution is -2.47. The highest BCUT2D eigenvalue weighted by molar-refractivity contribution is 5.90. The number of H-pyrrole nitrogens is 1. The first-order valence-electron chi connectivity index (χ1n) is 9.08. The summed E-state index contributed by atoms with van der Waals surface area (Å²) in [4.78, 5) is 30.2. The Kier molecular flexibility index (Phi) is 4.15. The maximum Gasteiger partial charge on any atom is 0.317 e. The zero-order chi connectivity index (χ0) is 17.6. The third-order valence-corrected chi connectivity index (χ3v) is 5.78. The summed E-state index contributed by atoms with van der Waals surface area (Å²) in [7, 11) is 3.87. The van der Waals surface area contributed by atoms with Gasteiger partial charge >= 0.3 is 6.03 Å². The van der Waals surface area contributed by atoms with Crippen molar-refractivity contribution >= 4 is 11.9 Å². The first-order chi connectivity index (χ1) is 12.0. The van der Waals surface area contributed by atoms with Crippen LogP contribution >= 0.6 is 0 Å². The van der Waals surface area contributed by atoms with Crippen molar-refractivity contribution < 1.29 is 9.59 Å². The molecule has 1 aromatic rings.